The second-order valence-electron chi connectivity index (χ2n) is 12.4. The van der Waals surface area contributed by atoms with E-state index in [0.29, 0.717) is 17.9 Å². The van der Waals surface area contributed by atoms with Crippen LogP contribution in [0.15, 0.2) is 35.9 Å². The molecule has 44 heavy (non-hydrogen) atoms. The first-order valence-corrected chi connectivity index (χ1v) is 15.1. The Kier molecular flexibility index (Phi) is 10.0. The molecular weight excluding hydrogens is 592 g/mol. The number of anilines is 1. The summed E-state index contributed by atoms with van der Waals surface area (Å²) in [5.74, 6) is -1.30. The predicted molar refractivity (Wildman–Crippen MR) is 164 cm³/mol. The minimum atomic E-state index is -1.77. The summed E-state index contributed by atoms with van der Waals surface area (Å²) in [4.78, 5) is 40.7. The standard InChI is InChI=1S/C32H43ClN2O9/c1-17(2)29(37)43-25-15-26(36)35(6)21-13-20(14-22(40-7)27(21)33)12-18(3)10-9-11-24(41-8)32(39)16-23(42-30(38)34-32)19(4)28-31(25,5)44-28/h9-11,13-14,17,19,23-25,28,39H,12,15-16H2,1-8H3,(H,34,38)/b11-9-,18-10-/t19-,23+,24-,25+,28+,31+,32+/m1/s1. The molecule has 0 spiro atoms. The number of fused-ring (bicyclic) bond motifs is 5. The van der Waals surface area contributed by atoms with Gasteiger partial charge in [0.15, 0.2) is 5.72 Å². The van der Waals surface area contributed by atoms with Gasteiger partial charge in [-0.2, -0.15) is 0 Å². The number of benzene rings is 1. The van der Waals surface area contributed by atoms with Crippen LogP contribution in [0.2, 0.25) is 5.02 Å². The first kappa shape index (κ1) is 33.8. The Bertz CT molecular complexity index is 1350. The highest BCUT2D eigenvalue weighted by molar-refractivity contribution is 6.35. The minimum absolute atomic E-state index is 0.00361. The molecule has 0 saturated carbocycles. The maximum Gasteiger partial charge on any atom is 0.409 e. The van der Waals surface area contributed by atoms with Crippen molar-refractivity contribution in [1.29, 1.82) is 0 Å². The molecule has 0 aliphatic carbocycles. The fraction of sp³-hybridized carbons (Fsp3) is 0.594. The van der Waals surface area contributed by atoms with E-state index in [4.69, 9.17) is 35.3 Å². The van der Waals surface area contributed by atoms with Gasteiger partial charge in [-0.25, -0.2) is 4.79 Å². The first-order valence-electron chi connectivity index (χ1n) is 14.7. The Hall–Kier alpha value is -3.12. The summed E-state index contributed by atoms with van der Waals surface area (Å²) >= 11 is 6.68. The maximum absolute atomic E-state index is 13.8. The number of carbonyl (C=O) groups is 3. The molecule has 0 unspecified atom stereocenters. The molecule has 1 aromatic rings. The van der Waals surface area contributed by atoms with E-state index in [2.05, 4.69) is 5.32 Å². The summed E-state index contributed by atoms with van der Waals surface area (Å²) in [5, 5.41) is 14.4. The van der Waals surface area contributed by atoms with Crippen molar-refractivity contribution >= 4 is 35.3 Å². The van der Waals surface area contributed by atoms with Gasteiger partial charge < -0.3 is 33.7 Å². The lowest BCUT2D eigenvalue weighted by molar-refractivity contribution is -0.157. The van der Waals surface area contributed by atoms with Crippen molar-refractivity contribution in [2.75, 3.05) is 26.2 Å². The lowest BCUT2D eigenvalue weighted by Crippen LogP contribution is -2.63. The van der Waals surface area contributed by atoms with Crippen molar-refractivity contribution in [1.82, 2.24) is 5.32 Å². The molecule has 3 heterocycles. The number of nitrogens with zero attached hydrogens (tertiary/aromatic N) is 1. The smallest absolute Gasteiger partial charge is 0.409 e. The van der Waals surface area contributed by atoms with Crippen LogP contribution < -0.4 is 15.0 Å². The predicted octanol–water partition coefficient (Wildman–Crippen LogP) is 4.32. The maximum atomic E-state index is 13.8. The highest BCUT2D eigenvalue weighted by Crippen LogP contribution is 2.49. The molecule has 2 saturated heterocycles. The largest absolute Gasteiger partial charge is 0.495 e. The summed E-state index contributed by atoms with van der Waals surface area (Å²) < 4.78 is 28.8. The van der Waals surface area contributed by atoms with Gasteiger partial charge in [-0.05, 0) is 38.0 Å². The summed E-state index contributed by atoms with van der Waals surface area (Å²) in [5.41, 5.74) is -0.587. The number of aliphatic hydroxyl groups is 1. The molecule has 1 aromatic carbocycles. The highest BCUT2D eigenvalue weighted by Gasteiger charge is 2.64. The SMILES string of the molecule is COc1cc2cc(c1Cl)N(C)C(=O)C[C@H](OC(=O)C(C)C)[C@]1(C)O[C@H]1[C@H](C)[C@@H]1C[C@@](O)(NC(=O)O1)[C@H](OC)/C=C\C=C(\C)C2. The Labute approximate surface area is 263 Å². The van der Waals surface area contributed by atoms with E-state index in [0.717, 1.165) is 11.1 Å². The molecule has 12 heteroatoms. The van der Waals surface area contributed by atoms with E-state index in [-0.39, 0.29) is 23.8 Å². The fourth-order valence-electron chi connectivity index (χ4n) is 5.88. The molecule has 242 valence electrons. The summed E-state index contributed by atoms with van der Waals surface area (Å²) in [6, 6.07) is 3.63. The van der Waals surface area contributed by atoms with Crippen LogP contribution in [0.5, 0.6) is 5.75 Å². The number of halogens is 1. The number of methoxy groups -OCH3 is 2. The van der Waals surface area contributed by atoms with Crippen molar-refractivity contribution < 1.29 is 43.2 Å². The molecule has 2 amide bonds. The van der Waals surface area contributed by atoms with Crippen LogP contribution in [0.3, 0.4) is 0 Å². The van der Waals surface area contributed by atoms with E-state index < -0.39 is 59.6 Å². The van der Waals surface area contributed by atoms with Gasteiger partial charge in [-0.3, -0.25) is 14.9 Å². The highest BCUT2D eigenvalue weighted by atomic mass is 35.5. The Morgan fingerprint density at radius 2 is 1.95 bits per heavy atom. The normalized spacial score (nSPS) is 34.7. The molecule has 2 fully saturated rings. The van der Waals surface area contributed by atoms with Crippen LogP contribution >= 0.6 is 11.6 Å². The molecule has 3 aliphatic rings. The fourth-order valence-corrected chi connectivity index (χ4v) is 6.19. The zero-order valence-corrected chi connectivity index (χ0v) is 27.3. The number of ether oxygens (including phenoxy) is 5. The molecule has 7 atom stereocenters. The zero-order chi connectivity index (χ0) is 32.6. The lowest BCUT2D eigenvalue weighted by atomic mass is 9.83. The van der Waals surface area contributed by atoms with Gasteiger partial charge in [-0.1, -0.05) is 56.2 Å². The van der Waals surface area contributed by atoms with Crippen LogP contribution in [-0.4, -0.2) is 80.1 Å². The van der Waals surface area contributed by atoms with Crippen molar-refractivity contribution in [2.24, 2.45) is 11.8 Å². The van der Waals surface area contributed by atoms with Crippen LogP contribution in [0.4, 0.5) is 10.5 Å². The topological polar surface area (TPSA) is 136 Å². The van der Waals surface area contributed by atoms with Crippen molar-refractivity contribution in [2.45, 2.75) is 89.6 Å². The van der Waals surface area contributed by atoms with Gasteiger partial charge in [0.2, 0.25) is 5.91 Å². The average Bonchev–Trinajstić information content (AvgIpc) is 3.66. The first-order chi connectivity index (χ1) is 20.6. The number of nitrogens with one attached hydrogen (secondary N) is 1. The van der Waals surface area contributed by atoms with Gasteiger partial charge >= 0.3 is 12.1 Å². The monoisotopic (exact) mass is 634 g/mol. The van der Waals surface area contributed by atoms with Gasteiger partial charge in [0.05, 0.1) is 31.2 Å². The molecule has 4 rings (SSSR count). The number of allylic oxidation sites excluding steroid dienone is 3. The number of epoxide rings is 1. The van der Waals surface area contributed by atoms with Crippen LogP contribution in [0, 0.1) is 11.8 Å². The number of rotatable bonds is 4. The summed E-state index contributed by atoms with van der Waals surface area (Å²) in [6.07, 6.45) is 1.65. The molecule has 4 bridgehead atoms. The third-order valence-corrected chi connectivity index (χ3v) is 9.06. The molecule has 0 aromatic heterocycles. The second kappa shape index (κ2) is 13.1. The number of esters is 1. The molecule has 0 radical (unpaired) electrons. The van der Waals surface area contributed by atoms with Crippen molar-refractivity contribution in [3.05, 3.63) is 46.5 Å². The number of alkyl carbamates (subject to hydrolysis) is 1. The van der Waals surface area contributed by atoms with E-state index in [1.807, 2.05) is 32.1 Å². The molecule has 3 aliphatic heterocycles. The second-order valence-corrected chi connectivity index (χ2v) is 12.8. The molecule has 11 nitrogen and oxygen atoms in total. The quantitative estimate of drug-likeness (QED) is 0.366. The zero-order valence-electron chi connectivity index (χ0n) is 26.5. The Morgan fingerprint density at radius 1 is 1.25 bits per heavy atom. The van der Waals surface area contributed by atoms with Gasteiger partial charge in [0, 0.05) is 26.5 Å². The lowest BCUT2D eigenvalue weighted by Gasteiger charge is -2.42. The summed E-state index contributed by atoms with van der Waals surface area (Å²) in [7, 11) is 4.56. The van der Waals surface area contributed by atoms with Gasteiger partial charge in [0.25, 0.3) is 0 Å². The third-order valence-electron chi connectivity index (χ3n) is 8.68. The van der Waals surface area contributed by atoms with Crippen LogP contribution in [0.25, 0.3) is 0 Å². The summed E-state index contributed by atoms with van der Waals surface area (Å²) in [6.45, 7) is 8.95. The number of carbonyl (C=O) groups excluding carboxylic acids is 3. The molecule has 2 N–H and O–H groups in total. The van der Waals surface area contributed by atoms with E-state index in [1.54, 1.807) is 40.0 Å². The van der Waals surface area contributed by atoms with Crippen LogP contribution in [-0.2, 0) is 35.0 Å². The number of hydrogen-bond donors (Lipinski definition) is 2. The average molecular weight is 635 g/mol. The Morgan fingerprint density at radius 3 is 2.59 bits per heavy atom. The van der Waals surface area contributed by atoms with Crippen molar-refractivity contribution in [3.8, 4) is 5.75 Å². The molecular formula is C32H43ClN2O9. The van der Waals surface area contributed by atoms with Crippen molar-refractivity contribution in [3.63, 3.8) is 0 Å². The number of amides is 2. The van der Waals surface area contributed by atoms with Gasteiger partial charge in [-0.15, -0.1) is 0 Å². The van der Waals surface area contributed by atoms with E-state index in [9.17, 15) is 19.5 Å². The Balaban J connectivity index is 1.80. The third kappa shape index (κ3) is 6.91. The van der Waals surface area contributed by atoms with E-state index >= 15 is 0 Å². The van der Waals surface area contributed by atoms with Gasteiger partial charge in [0.1, 0.15) is 34.7 Å². The van der Waals surface area contributed by atoms with E-state index in [1.165, 1.54) is 19.1 Å². The number of hydrogen-bond acceptors (Lipinski definition) is 9. The van der Waals surface area contributed by atoms with Crippen LogP contribution in [0.1, 0.15) is 53.0 Å². The minimum Gasteiger partial charge on any atom is -0.495 e.